The maximum absolute atomic E-state index is 5.41. The summed E-state index contributed by atoms with van der Waals surface area (Å²) in [5.41, 5.74) is 5.00. The van der Waals surface area contributed by atoms with E-state index in [0.29, 0.717) is 0 Å². The van der Waals surface area contributed by atoms with Gasteiger partial charge in [0.15, 0.2) is 5.75 Å². The van der Waals surface area contributed by atoms with Crippen LogP contribution in [0.2, 0.25) is 0 Å². The molecule has 0 amide bonds. The van der Waals surface area contributed by atoms with Gasteiger partial charge < -0.3 is 10.1 Å². The lowest BCUT2D eigenvalue weighted by Gasteiger charge is -2.18. The average molecular weight is 273 g/mol. The fourth-order valence-corrected chi connectivity index (χ4v) is 2.74. The summed E-state index contributed by atoms with van der Waals surface area (Å²) in [5.74, 6) is 0.830. The van der Waals surface area contributed by atoms with E-state index in [2.05, 4.69) is 42.5 Å². The molecule has 0 spiro atoms. The standard InChI is InChI=1S/C16H23N3O/c1-11-6-12(2)8-13(7-11)9-14(17-3)16-15(20-5)10-18-19(16)4/h6-8,10,14,17H,9H2,1-5H3. The number of methoxy groups -OCH3 is 1. The number of hydrogen-bond acceptors (Lipinski definition) is 3. The Hall–Kier alpha value is -1.81. The summed E-state index contributed by atoms with van der Waals surface area (Å²) in [5, 5.41) is 7.65. The van der Waals surface area contributed by atoms with Gasteiger partial charge in [0.1, 0.15) is 0 Å². The summed E-state index contributed by atoms with van der Waals surface area (Å²) >= 11 is 0. The van der Waals surface area contributed by atoms with Crippen molar-refractivity contribution in [1.29, 1.82) is 0 Å². The molecule has 20 heavy (non-hydrogen) atoms. The van der Waals surface area contributed by atoms with Gasteiger partial charge in [-0.1, -0.05) is 29.3 Å². The van der Waals surface area contributed by atoms with E-state index in [1.165, 1.54) is 16.7 Å². The molecule has 1 aromatic carbocycles. The number of likely N-dealkylation sites (N-methyl/N-ethyl adjacent to an activating group) is 1. The monoisotopic (exact) mass is 273 g/mol. The van der Waals surface area contributed by atoms with Crippen molar-refractivity contribution < 1.29 is 4.74 Å². The molecule has 0 aliphatic heterocycles. The van der Waals surface area contributed by atoms with Crippen LogP contribution in [0.15, 0.2) is 24.4 Å². The van der Waals surface area contributed by atoms with E-state index in [-0.39, 0.29) is 6.04 Å². The highest BCUT2D eigenvalue weighted by atomic mass is 16.5. The van der Waals surface area contributed by atoms with Gasteiger partial charge in [0.25, 0.3) is 0 Å². The van der Waals surface area contributed by atoms with E-state index >= 15 is 0 Å². The molecule has 0 saturated carbocycles. The van der Waals surface area contributed by atoms with Crippen LogP contribution in [0.4, 0.5) is 0 Å². The summed E-state index contributed by atoms with van der Waals surface area (Å²) in [6, 6.07) is 6.85. The van der Waals surface area contributed by atoms with Crippen LogP contribution in [0.25, 0.3) is 0 Å². The van der Waals surface area contributed by atoms with E-state index in [1.807, 2.05) is 18.8 Å². The second-order valence-corrected chi connectivity index (χ2v) is 5.26. The summed E-state index contributed by atoms with van der Waals surface area (Å²) in [4.78, 5) is 0. The van der Waals surface area contributed by atoms with Crippen molar-refractivity contribution in [3.05, 3.63) is 46.8 Å². The molecule has 2 rings (SSSR count). The molecule has 1 unspecified atom stereocenters. The molecule has 0 bridgehead atoms. The third-order valence-corrected chi connectivity index (χ3v) is 3.57. The van der Waals surface area contributed by atoms with Gasteiger partial charge in [0, 0.05) is 7.05 Å². The van der Waals surface area contributed by atoms with E-state index in [4.69, 9.17) is 4.74 Å². The summed E-state index contributed by atoms with van der Waals surface area (Å²) < 4.78 is 7.29. The summed E-state index contributed by atoms with van der Waals surface area (Å²) in [6.45, 7) is 4.27. The van der Waals surface area contributed by atoms with E-state index in [9.17, 15) is 0 Å². The maximum atomic E-state index is 5.41. The Morgan fingerprint density at radius 2 is 1.90 bits per heavy atom. The first kappa shape index (κ1) is 14.6. The number of rotatable bonds is 5. The Labute approximate surface area is 120 Å². The van der Waals surface area contributed by atoms with Crippen molar-refractivity contribution in [2.75, 3.05) is 14.2 Å². The highest BCUT2D eigenvalue weighted by Gasteiger charge is 2.19. The Bertz CT molecular complexity index is 569. The minimum Gasteiger partial charge on any atom is -0.493 e. The molecule has 0 aliphatic rings. The van der Waals surface area contributed by atoms with Crippen molar-refractivity contribution in [3.63, 3.8) is 0 Å². The number of nitrogens with zero attached hydrogens (tertiary/aromatic N) is 2. The average Bonchev–Trinajstić information content (AvgIpc) is 2.76. The predicted octanol–water partition coefficient (Wildman–Crippen LogP) is 2.55. The lowest BCUT2D eigenvalue weighted by Crippen LogP contribution is -2.22. The van der Waals surface area contributed by atoms with Crippen LogP contribution in [0.3, 0.4) is 0 Å². The molecular formula is C16H23N3O. The lowest BCUT2D eigenvalue weighted by molar-refractivity contribution is 0.397. The van der Waals surface area contributed by atoms with E-state index in [0.717, 1.165) is 17.9 Å². The fraction of sp³-hybridized carbons (Fsp3) is 0.438. The SMILES string of the molecule is CNC(Cc1cc(C)cc(C)c1)c1c(OC)cnn1C. The molecule has 0 radical (unpaired) electrons. The first-order valence-corrected chi connectivity index (χ1v) is 6.85. The van der Waals surface area contributed by atoms with Crippen LogP contribution in [-0.4, -0.2) is 23.9 Å². The molecule has 1 N–H and O–H groups in total. The normalized spacial score (nSPS) is 12.4. The molecular weight excluding hydrogens is 250 g/mol. The first-order valence-electron chi connectivity index (χ1n) is 6.85. The molecule has 1 heterocycles. The van der Waals surface area contributed by atoms with Crippen LogP contribution < -0.4 is 10.1 Å². The molecule has 2 aromatic rings. The summed E-state index contributed by atoms with van der Waals surface area (Å²) in [7, 11) is 5.60. The van der Waals surface area contributed by atoms with Crippen molar-refractivity contribution >= 4 is 0 Å². The molecule has 108 valence electrons. The third-order valence-electron chi connectivity index (χ3n) is 3.57. The van der Waals surface area contributed by atoms with Crippen LogP contribution in [0.1, 0.15) is 28.4 Å². The van der Waals surface area contributed by atoms with Gasteiger partial charge in [-0.2, -0.15) is 5.10 Å². The van der Waals surface area contributed by atoms with Gasteiger partial charge in [0.05, 0.1) is 25.0 Å². The Morgan fingerprint density at radius 3 is 2.45 bits per heavy atom. The zero-order chi connectivity index (χ0) is 14.7. The highest BCUT2D eigenvalue weighted by molar-refractivity contribution is 5.33. The van der Waals surface area contributed by atoms with Crippen molar-refractivity contribution in [1.82, 2.24) is 15.1 Å². The Morgan fingerprint density at radius 1 is 1.25 bits per heavy atom. The third kappa shape index (κ3) is 3.02. The minimum atomic E-state index is 0.179. The molecule has 4 nitrogen and oxygen atoms in total. The number of hydrogen-bond donors (Lipinski definition) is 1. The number of aryl methyl sites for hydroxylation is 3. The largest absolute Gasteiger partial charge is 0.493 e. The van der Waals surface area contributed by atoms with Crippen LogP contribution in [0.5, 0.6) is 5.75 Å². The summed E-state index contributed by atoms with van der Waals surface area (Å²) in [6.07, 6.45) is 2.68. The van der Waals surface area contributed by atoms with Crippen LogP contribution in [0, 0.1) is 13.8 Å². The molecule has 0 aliphatic carbocycles. The first-order chi connectivity index (χ1) is 9.55. The lowest BCUT2D eigenvalue weighted by atomic mass is 9.99. The zero-order valence-electron chi connectivity index (χ0n) is 12.9. The second kappa shape index (κ2) is 6.09. The van der Waals surface area contributed by atoms with Crippen molar-refractivity contribution in [2.45, 2.75) is 26.3 Å². The van der Waals surface area contributed by atoms with Gasteiger partial charge in [0.2, 0.25) is 0 Å². The fourth-order valence-electron chi connectivity index (χ4n) is 2.74. The van der Waals surface area contributed by atoms with Crippen LogP contribution >= 0.6 is 0 Å². The van der Waals surface area contributed by atoms with Crippen LogP contribution in [-0.2, 0) is 13.5 Å². The number of ether oxygens (including phenoxy) is 1. The predicted molar refractivity (Wildman–Crippen MR) is 81.2 cm³/mol. The van der Waals surface area contributed by atoms with Crippen molar-refractivity contribution in [2.24, 2.45) is 7.05 Å². The zero-order valence-corrected chi connectivity index (χ0v) is 12.9. The molecule has 0 saturated heterocycles. The molecule has 1 atom stereocenters. The number of benzene rings is 1. The van der Waals surface area contributed by atoms with Crippen molar-refractivity contribution in [3.8, 4) is 5.75 Å². The Balaban J connectivity index is 2.31. The maximum Gasteiger partial charge on any atom is 0.161 e. The molecule has 4 heteroatoms. The van der Waals surface area contributed by atoms with Gasteiger partial charge in [-0.25, -0.2) is 0 Å². The quantitative estimate of drug-likeness (QED) is 0.910. The van der Waals surface area contributed by atoms with Gasteiger partial charge in [-0.05, 0) is 32.9 Å². The minimum absolute atomic E-state index is 0.179. The smallest absolute Gasteiger partial charge is 0.161 e. The Kier molecular flexibility index (Phi) is 4.45. The van der Waals surface area contributed by atoms with E-state index < -0.39 is 0 Å². The van der Waals surface area contributed by atoms with E-state index in [1.54, 1.807) is 13.3 Å². The highest BCUT2D eigenvalue weighted by Crippen LogP contribution is 2.27. The number of aromatic nitrogens is 2. The molecule has 0 fully saturated rings. The van der Waals surface area contributed by atoms with Gasteiger partial charge >= 0.3 is 0 Å². The second-order valence-electron chi connectivity index (χ2n) is 5.26. The number of nitrogens with one attached hydrogen (secondary N) is 1. The molecule has 1 aromatic heterocycles. The topological polar surface area (TPSA) is 39.1 Å². The van der Waals surface area contributed by atoms with Gasteiger partial charge in [-0.3, -0.25) is 4.68 Å². The van der Waals surface area contributed by atoms with Gasteiger partial charge in [-0.15, -0.1) is 0 Å².